The third-order valence-corrected chi connectivity index (χ3v) is 3.06. The first-order chi connectivity index (χ1) is 11.2. The van der Waals surface area contributed by atoms with Crippen molar-refractivity contribution in [2.45, 2.75) is 19.8 Å². The first-order valence-electron chi connectivity index (χ1n) is 7.59. The van der Waals surface area contributed by atoms with Crippen LogP contribution in [0, 0.1) is 5.82 Å². The monoisotopic (exact) mass is 317 g/mol. The third-order valence-electron chi connectivity index (χ3n) is 3.06. The third kappa shape index (κ3) is 5.62. The van der Waals surface area contributed by atoms with Crippen LogP contribution in [0.3, 0.4) is 0 Å². The molecule has 0 atom stereocenters. The summed E-state index contributed by atoms with van der Waals surface area (Å²) >= 11 is 0. The Labute approximate surface area is 135 Å². The summed E-state index contributed by atoms with van der Waals surface area (Å²) in [4.78, 5) is 11.8. The van der Waals surface area contributed by atoms with E-state index in [0.717, 1.165) is 0 Å². The molecule has 0 aliphatic carbocycles. The van der Waals surface area contributed by atoms with Crippen LogP contribution in [0.2, 0.25) is 0 Å². The molecule has 0 bridgehead atoms. The number of rotatable bonds is 8. The van der Waals surface area contributed by atoms with E-state index in [2.05, 4.69) is 5.32 Å². The molecule has 2 aromatic carbocycles. The van der Waals surface area contributed by atoms with Crippen LogP contribution < -0.4 is 14.8 Å². The Morgan fingerprint density at radius 1 is 1.09 bits per heavy atom. The van der Waals surface area contributed by atoms with Gasteiger partial charge >= 0.3 is 0 Å². The summed E-state index contributed by atoms with van der Waals surface area (Å²) in [6, 6.07) is 13.2. The Kier molecular flexibility index (Phi) is 6.41. The fourth-order valence-electron chi connectivity index (χ4n) is 2.05. The second-order valence-corrected chi connectivity index (χ2v) is 4.89. The molecular weight excluding hydrogens is 297 g/mol. The molecule has 0 aliphatic heterocycles. The second kappa shape index (κ2) is 8.78. The maximum Gasteiger partial charge on any atom is 0.224 e. The van der Waals surface area contributed by atoms with Crippen molar-refractivity contribution in [2.75, 3.05) is 18.5 Å². The minimum atomic E-state index is -0.376. The standard InChI is InChI=1S/C18H20FNO3/c1-2-22-16-9-3-4-10-17(16)23-12-6-11-18(21)20-15-8-5-7-14(19)13-15/h3-5,7-10,13H,2,6,11-12H2,1H3,(H,20,21). The number of hydrogen-bond acceptors (Lipinski definition) is 3. The number of anilines is 1. The van der Waals surface area contributed by atoms with Gasteiger partial charge in [-0.15, -0.1) is 0 Å². The summed E-state index contributed by atoms with van der Waals surface area (Å²) in [5.41, 5.74) is 0.456. The first kappa shape index (κ1) is 16.8. The summed E-state index contributed by atoms with van der Waals surface area (Å²) in [6.07, 6.45) is 0.856. The molecule has 0 aromatic heterocycles. The SMILES string of the molecule is CCOc1ccccc1OCCCC(=O)Nc1cccc(F)c1. The molecule has 0 spiro atoms. The average molecular weight is 317 g/mol. The van der Waals surface area contributed by atoms with E-state index in [4.69, 9.17) is 9.47 Å². The van der Waals surface area contributed by atoms with Crippen LogP contribution in [0.4, 0.5) is 10.1 Å². The maximum absolute atomic E-state index is 13.0. The van der Waals surface area contributed by atoms with Crippen molar-refractivity contribution < 1.29 is 18.7 Å². The molecule has 1 amide bonds. The molecule has 0 saturated carbocycles. The smallest absolute Gasteiger partial charge is 0.224 e. The normalized spacial score (nSPS) is 10.2. The van der Waals surface area contributed by atoms with Gasteiger partial charge in [-0.3, -0.25) is 4.79 Å². The molecule has 2 aromatic rings. The maximum atomic E-state index is 13.0. The molecule has 0 unspecified atom stereocenters. The molecule has 4 nitrogen and oxygen atoms in total. The number of carbonyl (C=O) groups excluding carboxylic acids is 1. The van der Waals surface area contributed by atoms with Gasteiger partial charge in [-0.1, -0.05) is 18.2 Å². The van der Waals surface area contributed by atoms with Gasteiger partial charge in [0.2, 0.25) is 5.91 Å². The van der Waals surface area contributed by atoms with Crippen LogP contribution in [0.25, 0.3) is 0 Å². The second-order valence-electron chi connectivity index (χ2n) is 4.89. The van der Waals surface area contributed by atoms with Crippen LogP contribution >= 0.6 is 0 Å². The predicted octanol–water partition coefficient (Wildman–Crippen LogP) is 4.02. The minimum absolute atomic E-state index is 0.169. The van der Waals surface area contributed by atoms with E-state index in [1.165, 1.54) is 12.1 Å². The lowest BCUT2D eigenvalue weighted by Crippen LogP contribution is -2.13. The Bertz CT molecular complexity index is 646. The molecule has 23 heavy (non-hydrogen) atoms. The van der Waals surface area contributed by atoms with Gasteiger partial charge in [0, 0.05) is 12.1 Å². The van der Waals surface area contributed by atoms with Gasteiger partial charge in [-0.25, -0.2) is 4.39 Å². The Morgan fingerprint density at radius 3 is 2.52 bits per heavy atom. The van der Waals surface area contributed by atoms with Crippen LogP contribution in [-0.2, 0) is 4.79 Å². The van der Waals surface area contributed by atoms with Gasteiger partial charge in [0.05, 0.1) is 13.2 Å². The Balaban J connectivity index is 1.74. The highest BCUT2D eigenvalue weighted by Crippen LogP contribution is 2.26. The summed E-state index contributed by atoms with van der Waals surface area (Å²) in [6.45, 7) is 2.88. The van der Waals surface area contributed by atoms with E-state index in [1.807, 2.05) is 31.2 Å². The number of benzene rings is 2. The Hall–Kier alpha value is -2.56. The Morgan fingerprint density at radius 2 is 1.83 bits per heavy atom. The lowest BCUT2D eigenvalue weighted by atomic mass is 10.2. The zero-order valence-corrected chi connectivity index (χ0v) is 13.0. The van der Waals surface area contributed by atoms with Gasteiger partial charge in [0.15, 0.2) is 11.5 Å². The number of nitrogens with one attached hydrogen (secondary N) is 1. The summed E-state index contributed by atoms with van der Waals surface area (Å²) in [7, 11) is 0. The molecule has 0 aliphatic rings. The van der Waals surface area contributed by atoms with E-state index in [0.29, 0.717) is 43.2 Å². The number of para-hydroxylation sites is 2. The van der Waals surface area contributed by atoms with Crippen molar-refractivity contribution in [1.29, 1.82) is 0 Å². The van der Waals surface area contributed by atoms with E-state index in [-0.39, 0.29) is 11.7 Å². The van der Waals surface area contributed by atoms with Gasteiger partial charge in [-0.05, 0) is 43.7 Å². The summed E-state index contributed by atoms with van der Waals surface area (Å²) < 4.78 is 24.1. The number of halogens is 1. The highest BCUT2D eigenvalue weighted by atomic mass is 19.1. The van der Waals surface area contributed by atoms with E-state index < -0.39 is 0 Å². The lowest BCUT2D eigenvalue weighted by Gasteiger charge is -2.11. The summed E-state index contributed by atoms with van der Waals surface area (Å²) in [5.74, 6) is 0.815. The van der Waals surface area contributed by atoms with E-state index >= 15 is 0 Å². The zero-order valence-electron chi connectivity index (χ0n) is 13.0. The van der Waals surface area contributed by atoms with Crippen molar-refractivity contribution in [3.05, 3.63) is 54.3 Å². The van der Waals surface area contributed by atoms with Crippen molar-refractivity contribution in [1.82, 2.24) is 0 Å². The minimum Gasteiger partial charge on any atom is -0.490 e. The topological polar surface area (TPSA) is 47.6 Å². The number of hydrogen-bond donors (Lipinski definition) is 1. The highest BCUT2D eigenvalue weighted by molar-refractivity contribution is 5.90. The predicted molar refractivity (Wildman–Crippen MR) is 87.4 cm³/mol. The average Bonchev–Trinajstić information content (AvgIpc) is 2.53. The zero-order chi connectivity index (χ0) is 16.5. The molecule has 0 heterocycles. The molecule has 0 radical (unpaired) electrons. The highest BCUT2D eigenvalue weighted by Gasteiger charge is 2.06. The van der Waals surface area contributed by atoms with Crippen LogP contribution in [0.1, 0.15) is 19.8 Å². The molecule has 2 rings (SSSR count). The fraction of sp³-hybridized carbons (Fsp3) is 0.278. The molecule has 122 valence electrons. The van der Waals surface area contributed by atoms with E-state index in [9.17, 15) is 9.18 Å². The van der Waals surface area contributed by atoms with Crippen LogP contribution in [-0.4, -0.2) is 19.1 Å². The fourth-order valence-corrected chi connectivity index (χ4v) is 2.05. The summed E-state index contributed by atoms with van der Waals surface area (Å²) in [5, 5.41) is 2.65. The number of amides is 1. The van der Waals surface area contributed by atoms with Crippen LogP contribution in [0.5, 0.6) is 11.5 Å². The van der Waals surface area contributed by atoms with E-state index in [1.54, 1.807) is 12.1 Å². The van der Waals surface area contributed by atoms with Gasteiger partial charge < -0.3 is 14.8 Å². The van der Waals surface area contributed by atoms with Gasteiger partial charge in [0.25, 0.3) is 0 Å². The number of ether oxygens (including phenoxy) is 2. The first-order valence-corrected chi connectivity index (χ1v) is 7.59. The quantitative estimate of drug-likeness (QED) is 0.748. The molecule has 5 heteroatoms. The van der Waals surface area contributed by atoms with Gasteiger partial charge in [-0.2, -0.15) is 0 Å². The molecule has 0 saturated heterocycles. The van der Waals surface area contributed by atoms with Gasteiger partial charge in [0.1, 0.15) is 5.82 Å². The molecular formula is C18H20FNO3. The van der Waals surface area contributed by atoms with Crippen molar-refractivity contribution in [2.24, 2.45) is 0 Å². The van der Waals surface area contributed by atoms with Crippen LogP contribution in [0.15, 0.2) is 48.5 Å². The largest absolute Gasteiger partial charge is 0.490 e. The molecule has 1 N–H and O–H groups in total. The number of carbonyl (C=O) groups is 1. The molecule has 0 fully saturated rings. The van der Waals surface area contributed by atoms with Crippen molar-refractivity contribution >= 4 is 11.6 Å². The lowest BCUT2D eigenvalue weighted by molar-refractivity contribution is -0.116. The van der Waals surface area contributed by atoms with Crippen molar-refractivity contribution in [3.63, 3.8) is 0 Å². The van der Waals surface area contributed by atoms with Crippen molar-refractivity contribution in [3.8, 4) is 11.5 Å².